The molecule has 0 spiro atoms. The van der Waals surface area contributed by atoms with Crippen molar-refractivity contribution in [2.45, 2.75) is 39.3 Å². The minimum absolute atomic E-state index is 0.0562. The fourth-order valence-electron chi connectivity index (χ4n) is 2.68. The van der Waals surface area contributed by atoms with E-state index >= 15 is 0 Å². The van der Waals surface area contributed by atoms with Crippen LogP contribution in [0, 0.1) is 13.8 Å². The van der Waals surface area contributed by atoms with Crippen LogP contribution in [0.2, 0.25) is 0 Å². The first kappa shape index (κ1) is 13.3. The Labute approximate surface area is 122 Å². The van der Waals surface area contributed by atoms with Gasteiger partial charge in [-0.05, 0) is 32.3 Å². The molecule has 1 fully saturated rings. The molecule has 5 nitrogen and oxygen atoms in total. The number of hydrogen-bond donors (Lipinski definition) is 0. The molecule has 0 aromatic carbocycles. The zero-order valence-electron chi connectivity index (χ0n) is 11.7. The highest BCUT2D eigenvalue weighted by atomic mass is 32.1. The zero-order chi connectivity index (χ0) is 14.1. The molecule has 1 aliphatic heterocycles. The Morgan fingerprint density at radius 3 is 3.00 bits per heavy atom. The van der Waals surface area contributed by atoms with Crippen LogP contribution in [-0.2, 0) is 6.54 Å². The number of nitrogens with zero attached hydrogens (tertiary/aromatic N) is 4. The van der Waals surface area contributed by atoms with E-state index in [1.54, 1.807) is 0 Å². The predicted molar refractivity (Wildman–Crippen MR) is 77.9 cm³/mol. The summed E-state index contributed by atoms with van der Waals surface area (Å²) in [5, 5.41) is 7.10. The summed E-state index contributed by atoms with van der Waals surface area (Å²) in [6.07, 6.45) is 5.96. The Morgan fingerprint density at radius 1 is 1.50 bits per heavy atom. The van der Waals surface area contributed by atoms with Crippen LogP contribution in [0.5, 0.6) is 0 Å². The monoisotopic (exact) mass is 290 g/mol. The lowest BCUT2D eigenvalue weighted by Crippen LogP contribution is -2.38. The van der Waals surface area contributed by atoms with Gasteiger partial charge in [-0.15, -0.1) is 11.3 Å². The van der Waals surface area contributed by atoms with Crippen LogP contribution < -0.4 is 0 Å². The second-order valence-electron chi connectivity index (χ2n) is 5.29. The van der Waals surface area contributed by atoms with Gasteiger partial charge in [-0.3, -0.25) is 9.48 Å². The van der Waals surface area contributed by atoms with Crippen molar-refractivity contribution in [1.29, 1.82) is 0 Å². The third-order valence-electron chi connectivity index (χ3n) is 3.64. The Hall–Kier alpha value is -1.69. The first-order valence-electron chi connectivity index (χ1n) is 6.85. The minimum Gasteiger partial charge on any atom is -0.332 e. The maximum Gasteiger partial charge on any atom is 0.273 e. The van der Waals surface area contributed by atoms with E-state index in [0.717, 1.165) is 36.5 Å². The Balaban J connectivity index is 1.73. The Morgan fingerprint density at radius 2 is 2.35 bits per heavy atom. The first-order valence-corrected chi connectivity index (χ1v) is 7.73. The summed E-state index contributed by atoms with van der Waals surface area (Å²) in [6, 6.07) is 0.226. The number of likely N-dealkylation sites (tertiary alicyclic amines) is 1. The molecule has 1 aliphatic rings. The maximum absolute atomic E-state index is 12.5. The third-order valence-corrected chi connectivity index (χ3v) is 4.41. The summed E-state index contributed by atoms with van der Waals surface area (Å²) in [5.74, 6) is 0.0562. The van der Waals surface area contributed by atoms with Gasteiger partial charge in [0.15, 0.2) is 0 Å². The van der Waals surface area contributed by atoms with Crippen molar-refractivity contribution in [2.75, 3.05) is 6.54 Å². The number of rotatable bonds is 3. The molecule has 20 heavy (non-hydrogen) atoms. The molecule has 0 aliphatic carbocycles. The van der Waals surface area contributed by atoms with Crippen molar-refractivity contribution in [2.24, 2.45) is 0 Å². The molecular formula is C14H18N4OS. The lowest BCUT2D eigenvalue weighted by molar-refractivity contribution is 0.0716. The van der Waals surface area contributed by atoms with Crippen LogP contribution in [0.4, 0.5) is 0 Å². The number of hydrogen-bond acceptors (Lipinski definition) is 4. The van der Waals surface area contributed by atoms with E-state index in [1.807, 2.05) is 41.2 Å². The summed E-state index contributed by atoms with van der Waals surface area (Å²) in [5.41, 5.74) is 1.73. The number of thiazole rings is 1. The van der Waals surface area contributed by atoms with E-state index in [2.05, 4.69) is 10.1 Å². The highest BCUT2D eigenvalue weighted by Gasteiger charge is 2.30. The minimum atomic E-state index is 0.0562. The van der Waals surface area contributed by atoms with Gasteiger partial charge in [-0.25, -0.2) is 4.98 Å². The number of aromatic nitrogens is 3. The average molecular weight is 290 g/mol. The van der Waals surface area contributed by atoms with Crippen LogP contribution >= 0.6 is 11.3 Å². The van der Waals surface area contributed by atoms with Crippen LogP contribution in [-0.4, -0.2) is 38.2 Å². The van der Waals surface area contributed by atoms with Gasteiger partial charge in [0.05, 0.1) is 23.8 Å². The average Bonchev–Trinajstić information content (AvgIpc) is 3.11. The highest BCUT2D eigenvalue weighted by Crippen LogP contribution is 2.22. The van der Waals surface area contributed by atoms with Crippen molar-refractivity contribution in [3.05, 3.63) is 34.0 Å². The fraction of sp³-hybridized carbons (Fsp3) is 0.500. The molecule has 1 amide bonds. The van der Waals surface area contributed by atoms with Crippen molar-refractivity contribution < 1.29 is 4.79 Å². The zero-order valence-corrected chi connectivity index (χ0v) is 12.6. The van der Waals surface area contributed by atoms with Gasteiger partial charge in [-0.1, -0.05) is 0 Å². The molecule has 0 saturated carbocycles. The summed E-state index contributed by atoms with van der Waals surface area (Å²) < 4.78 is 1.93. The van der Waals surface area contributed by atoms with Gasteiger partial charge in [0.25, 0.3) is 5.91 Å². The normalized spacial score (nSPS) is 18.7. The van der Waals surface area contributed by atoms with Crippen LogP contribution in [0.15, 0.2) is 17.8 Å². The van der Waals surface area contributed by atoms with Crippen LogP contribution in [0.1, 0.15) is 33.9 Å². The van der Waals surface area contributed by atoms with Gasteiger partial charge in [0.2, 0.25) is 0 Å². The summed E-state index contributed by atoms with van der Waals surface area (Å²) in [6.45, 7) is 5.54. The molecular weight excluding hydrogens is 272 g/mol. The molecule has 2 aromatic heterocycles. The number of amides is 1. The smallest absolute Gasteiger partial charge is 0.273 e. The van der Waals surface area contributed by atoms with Crippen molar-refractivity contribution >= 4 is 17.2 Å². The van der Waals surface area contributed by atoms with Gasteiger partial charge in [-0.2, -0.15) is 5.10 Å². The molecule has 1 unspecified atom stereocenters. The topological polar surface area (TPSA) is 51.0 Å². The summed E-state index contributed by atoms with van der Waals surface area (Å²) in [7, 11) is 0. The van der Waals surface area contributed by atoms with Crippen molar-refractivity contribution in [3.63, 3.8) is 0 Å². The lowest BCUT2D eigenvalue weighted by Gasteiger charge is -2.23. The van der Waals surface area contributed by atoms with E-state index in [9.17, 15) is 4.79 Å². The molecule has 1 saturated heterocycles. The van der Waals surface area contributed by atoms with E-state index in [1.165, 1.54) is 11.3 Å². The summed E-state index contributed by atoms with van der Waals surface area (Å²) in [4.78, 5) is 18.8. The van der Waals surface area contributed by atoms with Crippen LogP contribution in [0.3, 0.4) is 0 Å². The second-order valence-corrected chi connectivity index (χ2v) is 6.35. The third kappa shape index (κ3) is 2.60. The molecule has 6 heteroatoms. The van der Waals surface area contributed by atoms with Gasteiger partial charge >= 0.3 is 0 Å². The molecule has 0 radical (unpaired) electrons. The van der Waals surface area contributed by atoms with Crippen molar-refractivity contribution in [1.82, 2.24) is 19.7 Å². The lowest BCUT2D eigenvalue weighted by atomic mass is 10.2. The quantitative estimate of drug-likeness (QED) is 0.871. The largest absolute Gasteiger partial charge is 0.332 e. The first-order chi connectivity index (χ1) is 9.63. The maximum atomic E-state index is 12.5. The molecule has 3 rings (SSSR count). The van der Waals surface area contributed by atoms with E-state index in [0.29, 0.717) is 5.69 Å². The molecule has 1 atom stereocenters. The Bertz CT molecular complexity index is 618. The standard InChI is InChI=1S/C14H18N4OS/c1-10-6-15-17(7-10)8-12-4-3-5-18(12)14(19)13-9-20-11(2)16-13/h6-7,9,12H,3-5,8H2,1-2H3. The highest BCUT2D eigenvalue weighted by molar-refractivity contribution is 7.09. The SMILES string of the molecule is Cc1cnn(CC2CCCN2C(=O)c2csc(C)n2)c1. The van der Waals surface area contributed by atoms with Gasteiger partial charge in [0.1, 0.15) is 5.69 Å². The molecule has 0 bridgehead atoms. The van der Waals surface area contributed by atoms with Crippen molar-refractivity contribution in [3.8, 4) is 0 Å². The van der Waals surface area contributed by atoms with E-state index < -0.39 is 0 Å². The second kappa shape index (κ2) is 5.36. The molecule has 2 aromatic rings. The predicted octanol–water partition coefficient (Wildman–Crippen LogP) is 2.26. The number of carbonyl (C=O) groups excluding carboxylic acids is 1. The van der Waals surface area contributed by atoms with E-state index in [4.69, 9.17) is 0 Å². The number of aryl methyl sites for hydroxylation is 2. The fourth-order valence-corrected chi connectivity index (χ4v) is 3.27. The summed E-state index contributed by atoms with van der Waals surface area (Å²) >= 11 is 1.52. The Kier molecular flexibility index (Phi) is 3.56. The molecule has 3 heterocycles. The van der Waals surface area contributed by atoms with Crippen LogP contribution in [0.25, 0.3) is 0 Å². The van der Waals surface area contributed by atoms with E-state index in [-0.39, 0.29) is 11.9 Å². The van der Waals surface area contributed by atoms with Gasteiger partial charge in [0, 0.05) is 18.1 Å². The number of carbonyl (C=O) groups is 1. The molecule has 0 N–H and O–H groups in total. The molecule has 106 valence electrons. The van der Waals surface area contributed by atoms with Gasteiger partial charge < -0.3 is 4.90 Å².